The number of thioether (sulfide) groups is 1. The standard InChI is InChI=1S/C18H27NO2S/c1-17(2,3)12-7-11(9-14-16(21)19-10-22-14)8-13(15(12)20)18(4,5)6/h7-9,16,19-21H,10H2,1-6H3. The maximum Gasteiger partial charge on any atom is 0.137 e. The van der Waals surface area contributed by atoms with Crippen LogP contribution in [0.1, 0.15) is 58.2 Å². The van der Waals surface area contributed by atoms with Gasteiger partial charge in [0.05, 0.1) is 0 Å². The van der Waals surface area contributed by atoms with Crippen LogP contribution in [-0.4, -0.2) is 22.3 Å². The van der Waals surface area contributed by atoms with Crippen LogP contribution in [-0.2, 0) is 10.8 Å². The molecule has 1 aromatic rings. The molecule has 0 bridgehead atoms. The van der Waals surface area contributed by atoms with Gasteiger partial charge in [0.25, 0.3) is 0 Å². The van der Waals surface area contributed by atoms with Gasteiger partial charge in [-0.15, -0.1) is 11.8 Å². The van der Waals surface area contributed by atoms with E-state index >= 15 is 0 Å². The number of rotatable bonds is 1. The van der Waals surface area contributed by atoms with E-state index in [1.807, 2.05) is 18.2 Å². The van der Waals surface area contributed by atoms with Crippen LogP contribution >= 0.6 is 11.8 Å². The van der Waals surface area contributed by atoms with Crippen molar-refractivity contribution in [3.63, 3.8) is 0 Å². The molecule has 1 aromatic carbocycles. The van der Waals surface area contributed by atoms with Crippen LogP contribution in [0.15, 0.2) is 17.0 Å². The van der Waals surface area contributed by atoms with Crippen LogP contribution in [0.3, 0.4) is 0 Å². The highest BCUT2D eigenvalue weighted by Gasteiger charge is 2.26. The third-order valence-electron chi connectivity index (χ3n) is 3.84. The number of phenols is 1. The Morgan fingerprint density at radius 3 is 1.95 bits per heavy atom. The normalized spacial score (nSPS) is 21.6. The highest BCUT2D eigenvalue weighted by atomic mass is 32.2. The molecule has 3 N–H and O–H groups in total. The molecular weight excluding hydrogens is 294 g/mol. The number of nitrogens with one attached hydrogen (secondary N) is 1. The summed E-state index contributed by atoms with van der Waals surface area (Å²) in [6, 6.07) is 4.06. The van der Waals surface area contributed by atoms with Gasteiger partial charge in [-0.05, 0) is 34.6 Å². The van der Waals surface area contributed by atoms with Gasteiger partial charge in [-0.1, -0.05) is 41.5 Å². The summed E-state index contributed by atoms with van der Waals surface area (Å²) < 4.78 is 0. The first-order valence-corrected chi connectivity index (χ1v) is 8.62. The lowest BCUT2D eigenvalue weighted by Crippen LogP contribution is -2.21. The Morgan fingerprint density at radius 1 is 1.09 bits per heavy atom. The number of hydrogen-bond donors (Lipinski definition) is 3. The molecule has 1 unspecified atom stereocenters. The van der Waals surface area contributed by atoms with Gasteiger partial charge < -0.3 is 10.2 Å². The minimum absolute atomic E-state index is 0.141. The maximum atomic E-state index is 10.7. The summed E-state index contributed by atoms with van der Waals surface area (Å²) in [6.07, 6.45) is 1.43. The van der Waals surface area contributed by atoms with Gasteiger partial charge in [0, 0.05) is 21.9 Å². The predicted molar refractivity (Wildman–Crippen MR) is 95.1 cm³/mol. The molecule has 122 valence electrons. The van der Waals surface area contributed by atoms with Crippen molar-refractivity contribution in [1.82, 2.24) is 5.32 Å². The smallest absolute Gasteiger partial charge is 0.137 e. The Hall–Kier alpha value is -0.970. The fourth-order valence-corrected chi connectivity index (χ4v) is 3.42. The minimum atomic E-state index is -0.588. The van der Waals surface area contributed by atoms with E-state index in [0.29, 0.717) is 5.75 Å². The molecule has 1 aliphatic heterocycles. The van der Waals surface area contributed by atoms with Gasteiger partial charge in [0.15, 0.2) is 0 Å². The molecule has 0 aliphatic carbocycles. The summed E-state index contributed by atoms with van der Waals surface area (Å²) in [5, 5.41) is 23.6. The van der Waals surface area contributed by atoms with E-state index in [-0.39, 0.29) is 10.8 Å². The fraction of sp³-hybridized carbons (Fsp3) is 0.556. The van der Waals surface area contributed by atoms with E-state index < -0.39 is 6.23 Å². The molecule has 1 aliphatic rings. The first-order valence-electron chi connectivity index (χ1n) is 7.64. The first-order chi connectivity index (χ1) is 10.00. The average Bonchev–Trinajstić information content (AvgIpc) is 2.74. The van der Waals surface area contributed by atoms with Crippen LogP contribution < -0.4 is 5.32 Å². The van der Waals surface area contributed by atoms with E-state index in [9.17, 15) is 10.2 Å². The third-order valence-corrected chi connectivity index (χ3v) is 4.83. The van der Waals surface area contributed by atoms with Crippen molar-refractivity contribution < 1.29 is 10.2 Å². The van der Waals surface area contributed by atoms with Crippen molar-refractivity contribution in [1.29, 1.82) is 0 Å². The molecule has 0 amide bonds. The van der Waals surface area contributed by atoms with Gasteiger partial charge in [-0.3, -0.25) is 5.32 Å². The van der Waals surface area contributed by atoms with Crippen LogP contribution in [0.4, 0.5) is 0 Å². The number of aromatic hydroxyl groups is 1. The maximum absolute atomic E-state index is 10.7. The summed E-state index contributed by atoms with van der Waals surface area (Å²) in [4.78, 5) is 0.922. The molecule has 1 heterocycles. The molecule has 4 heteroatoms. The molecule has 0 aromatic heterocycles. The first kappa shape index (κ1) is 17.4. The minimum Gasteiger partial charge on any atom is -0.507 e. The Kier molecular flexibility index (Phi) is 4.67. The van der Waals surface area contributed by atoms with E-state index in [0.717, 1.165) is 27.5 Å². The number of aliphatic hydroxyl groups is 1. The molecule has 2 rings (SSSR count). The molecule has 22 heavy (non-hydrogen) atoms. The number of aliphatic hydroxyl groups excluding tert-OH is 1. The monoisotopic (exact) mass is 321 g/mol. The Labute approximate surface area is 137 Å². The van der Waals surface area contributed by atoms with Crippen LogP contribution in [0, 0.1) is 0 Å². The lowest BCUT2D eigenvalue weighted by Gasteiger charge is -2.28. The molecule has 0 saturated carbocycles. The highest BCUT2D eigenvalue weighted by molar-refractivity contribution is 8.03. The zero-order valence-electron chi connectivity index (χ0n) is 14.3. The summed E-state index contributed by atoms with van der Waals surface area (Å²) in [7, 11) is 0. The lowest BCUT2D eigenvalue weighted by atomic mass is 9.78. The molecule has 1 saturated heterocycles. The molecule has 0 radical (unpaired) electrons. The quantitative estimate of drug-likeness (QED) is 0.733. The van der Waals surface area contributed by atoms with E-state index in [1.54, 1.807) is 11.8 Å². The van der Waals surface area contributed by atoms with E-state index in [4.69, 9.17) is 0 Å². The van der Waals surface area contributed by atoms with Gasteiger partial charge in [0.1, 0.15) is 12.0 Å². The van der Waals surface area contributed by atoms with E-state index in [1.165, 1.54) is 0 Å². The van der Waals surface area contributed by atoms with Crippen molar-refractivity contribution in [3.05, 3.63) is 33.7 Å². The summed E-state index contributed by atoms with van der Waals surface area (Å²) >= 11 is 1.61. The van der Waals surface area contributed by atoms with Crippen molar-refractivity contribution >= 4 is 17.8 Å². The van der Waals surface area contributed by atoms with Crippen LogP contribution in [0.25, 0.3) is 6.08 Å². The predicted octanol–water partition coefficient (Wildman–Crippen LogP) is 3.94. The molecule has 1 atom stereocenters. The fourth-order valence-electron chi connectivity index (χ4n) is 2.55. The van der Waals surface area contributed by atoms with Crippen molar-refractivity contribution in [2.24, 2.45) is 0 Å². The van der Waals surface area contributed by atoms with Crippen molar-refractivity contribution in [3.8, 4) is 5.75 Å². The Bertz CT molecular complexity index is 559. The molecule has 3 nitrogen and oxygen atoms in total. The zero-order valence-corrected chi connectivity index (χ0v) is 15.1. The second kappa shape index (κ2) is 5.91. The lowest BCUT2D eigenvalue weighted by molar-refractivity contribution is 0.196. The van der Waals surface area contributed by atoms with Gasteiger partial charge in [-0.2, -0.15) is 0 Å². The largest absolute Gasteiger partial charge is 0.507 e. The van der Waals surface area contributed by atoms with E-state index in [2.05, 4.69) is 46.9 Å². The van der Waals surface area contributed by atoms with Crippen molar-refractivity contribution in [2.45, 2.75) is 58.6 Å². The SMILES string of the molecule is CC(C)(C)c1cc(C=C2SCNC2O)cc(C(C)(C)C)c1O. The highest BCUT2D eigenvalue weighted by Crippen LogP contribution is 2.40. The number of hydrogen-bond acceptors (Lipinski definition) is 4. The van der Waals surface area contributed by atoms with Gasteiger partial charge in [0.2, 0.25) is 0 Å². The van der Waals surface area contributed by atoms with Gasteiger partial charge >= 0.3 is 0 Å². The Balaban J connectivity index is 2.61. The molecular formula is C18H27NO2S. The second-order valence-corrected chi connectivity index (χ2v) is 8.96. The van der Waals surface area contributed by atoms with Crippen LogP contribution in [0.2, 0.25) is 0 Å². The third kappa shape index (κ3) is 3.67. The van der Waals surface area contributed by atoms with Crippen molar-refractivity contribution in [2.75, 3.05) is 5.88 Å². The summed E-state index contributed by atoms with van der Waals surface area (Å²) in [6.45, 7) is 12.6. The number of phenolic OH excluding ortho intramolecular Hbond substituents is 1. The molecule has 1 fully saturated rings. The zero-order chi connectivity index (χ0) is 16.7. The number of benzene rings is 1. The topological polar surface area (TPSA) is 52.5 Å². The average molecular weight is 321 g/mol. The van der Waals surface area contributed by atoms with Crippen LogP contribution in [0.5, 0.6) is 5.75 Å². The molecule has 0 spiro atoms. The van der Waals surface area contributed by atoms with Gasteiger partial charge in [-0.25, -0.2) is 0 Å². The summed E-state index contributed by atoms with van der Waals surface area (Å²) in [5.74, 6) is 1.11. The Morgan fingerprint density at radius 2 is 1.59 bits per heavy atom. The second-order valence-electron chi connectivity index (χ2n) is 7.91. The summed E-state index contributed by atoms with van der Waals surface area (Å²) in [5.41, 5.74) is 2.63.